The second-order valence-corrected chi connectivity index (χ2v) is 19.0. The minimum atomic E-state index is -4.51. The summed E-state index contributed by atoms with van der Waals surface area (Å²) in [7, 11) is 0. The van der Waals surface area contributed by atoms with Gasteiger partial charge in [0.2, 0.25) is 0 Å². The van der Waals surface area contributed by atoms with Gasteiger partial charge in [0.15, 0.2) is 0 Å². The molecular formula is C10H11F3N2Sn. The molecule has 0 unspecified atom stereocenters. The SMILES string of the molecule is [CH3][Sn]([CH3])([CH3])[c]1cnc(C#N)c(C(F)(F)F)c1. The molecule has 86 valence electrons. The van der Waals surface area contributed by atoms with Crippen LogP contribution in [0.15, 0.2) is 12.3 Å². The summed E-state index contributed by atoms with van der Waals surface area (Å²) in [6.07, 6.45) is -3.10. The van der Waals surface area contributed by atoms with E-state index < -0.39 is 35.8 Å². The Balaban J connectivity index is 3.41. The number of pyridine rings is 1. The van der Waals surface area contributed by atoms with Gasteiger partial charge in [-0.05, 0) is 0 Å². The van der Waals surface area contributed by atoms with Gasteiger partial charge < -0.3 is 0 Å². The van der Waals surface area contributed by atoms with Crippen molar-refractivity contribution in [3.05, 3.63) is 23.5 Å². The molecule has 6 heteroatoms. The van der Waals surface area contributed by atoms with Crippen LogP contribution in [0.1, 0.15) is 11.3 Å². The van der Waals surface area contributed by atoms with Gasteiger partial charge in [0.25, 0.3) is 0 Å². The van der Waals surface area contributed by atoms with Gasteiger partial charge in [-0.2, -0.15) is 0 Å². The van der Waals surface area contributed by atoms with Crippen LogP contribution in [0.3, 0.4) is 0 Å². The van der Waals surface area contributed by atoms with E-state index in [0.29, 0.717) is 3.58 Å². The number of rotatable bonds is 1. The molecule has 0 N–H and O–H groups in total. The number of nitriles is 1. The number of hydrogen-bond acceptors (Lipinski definition) is 2. The summed E-state index contributed by atoms with van der Waals surface area (Å²) in [6, 6.07) is 2.56. The van der Waals surface area contributed by atoms with Crippen LogP contribution < -0.4 is 3.58 Å². The molecule has 0 aliphatic carbocycles. The van der Waals surface area contributed by atoms with E-state index in [1.54, 1.807) is 0 Å². The summed E-state index contributed by atoms with van der Waals surface area (Å²) in [5.41, 5.74) is -1.47. The third kappa shape index (κ3) is 2.88. The fraction of sp³-hybridized carbons (Fsp3) is 0.400. The average Bonchev–Trinajstić information content (AvgIpc) is 2.14. The van der Waals surface area contributed by atoms with Crippen molar-refractivity contribution in [2.45, 2.75) is 21.0 Å². The molecule has 0 bridgehead atoms. The van der Waals surface area contributed by atoms with Crippen LogP contribution in [0.4, 0.5) is 13.2 Å². The van der Waals surface area contributed by atoms with Crippen LogP contribution in [0.2, 0.25) is 14.8 Å². The molecule has 0 spiro atoms. The third-order valence-corrected chi connectivity index (χ3v) is 7.89. The Labute approximate surface area is 96.0 Å². The Hall–Kier alpha value is -0.771. The van der Waals surface area contributed by atoms with Crippen molar-refractivity contribution in [2.24, 2.45) is 0 Å². The number of nitrogens with zero attached hydrogens (tertiary/aromatic N) is 2. The van der Waals surface area contributed by atoms with Crippen molar-refractivity contribution in [3.63, 3.8) is 0 Å². The molecule has 0 amide bonds. The maximum atomic E-state index is 12.6. The van der Waals surface area contributed by atoms with Crippen LogP contribution >= 0.6 is 0 Å². The summed E-state index contributed by atoms with van der Waals surface area (Å²) in [4.78, 5) is 9.60. The summed E-state index contributed by atoms with van der Waals surface area (Å²) < 4.78 is 38.6. The van der Waals surface area contributed by atoms with Crippen LogP contribution in [-0.4, -0.2) is 23.4 Å². The monoisotopic (exact) mass is 336 g/mol. The van der Waals surface area contributed by atoms with Crippen LogP contribution in [-0.2, 0) is 6.18 Å². The Kier molecular flexibility index (Phi) is 3.52. The summed E-state index contributed by atoms with van der Waals surface area (Å²) in [5, 5.41) is 8.58. The maximum absolute atomic E-state index is 12.6. The minimum absolute atomic E-state index is 0.549. The Morgan fingerprint density at radius 3 is 2.25 bits per heavy atom. The van der Waals surface area contributed by atoms with E-state index in [0.717, 1.165) is 6.07 Å². The van der Waals surface area contributed by atoms with Crippen LogP contribution in [0, 0.1) is 11.3 Å². The first kappa shape index (κ1) is 13.3. The zero-order valence-corrected chi connectivity index (χ0v) is 12.0. The molecule has 1 heterocycles. The normalized spacial score (nSPS) is 12.3. The van der Waals surface area contributed by atoms with Crippen molar-refractivity contribution in [3.8, 4) is 6.07 Å². The second-order valence-electron chi connectivity index (χ2n) is 4.48. The van der Waals surface area contributed by atoms with Gasteiger partial charge in [-0.15, -0.1) is 0 Å². The molecule has 0 radical (unpaired) electrons. The molecule has 0 saturated carbocycles. The predicted octanol–water partition coefficient (Wildman–Crippen LogP) is 2.52. The summed E-state index contributed by atoms with van der Waals surface area (Å²) >= 11 is -2.58. The quantitative estimate of drug-likeness (QED) is 0.740. The molecule has 0 aliphatic rings. The Bertz CT molecular complexity index is 441. The van der Waals surface area contributed by atoms with E-state index >= 15 is 0 Å². The molecular weight excluding hydrogens is 324 g/mol. The topological polar surface area (TPSA) is 36.7 Å². The molecule has 0 saturated heterocycles. The molecule has 1 rings (SSSR count). The van der Waals surface area contributed by atoms with Gasteiger partial charge in [-0.3, -0.25) is 0 Å². The molecule has 0 aliphatic heterocycles. The zero-order chi connectivity index (χ0) is 12.6. The molecule has 0 fully saturated rings. The van der Waals surface area contributed by atoms with E-state index in [2.05, 4.69) is 4.98 Å². The Morgan fingerprint density at radius 1 is 1.31 bits per heavy atom. The van der Waals surface area contributed by atoms with E-state index in [9.17, 15) is 13.2 Å². The van der Waals surface area contributed by atoms with E-state index in [1.165, 1.54) is 12.3 Å². The van der Waals surface area contributed by atoms with Crippen molar-refractivity contribution < 1.29 is 13.2 Å². The van der Waals surface area contributed by atoms with Gasteiger partial charge in [-0.1, -0.05) is 0 Å². The van der Waals surface area contributed by atoms with E-state index in [-0.39, 0.29) is 0 Å². The first-order chi connectivity index (χ1) is 7.16. The molecule has 2 nitrogen and oxygen atoms in total. The number of aromatic nitrogens is 1. The fourth-order valence-corrected chi connectivity index (χ4v) is 4.12. The third-order valence-electron chi connectivity index (χ3n) is 2.17. The summed E-state index contributed by atoms with van der Waals surface area (Å²) in [5.74, 6) is 0. The molecule has 1 aromatic heterocycles. The Morgan fingerprint density at radius 2 is 1.88 bits per heavy atom. The molecule has 1 aromatic rings. The first-order valence-electron chi connectivity index (χ1n) is 4.64. The van der Waals surface area contributed by atoms with E-state index in [4.69, 9.17) is 5.26 Å². The van der Waals surface area contributed by atoms with E-state index in [1.807, 2.05) is 14.8 Å². The predicted molar refractivity (Wildman–Crippen MR) is 56.9 cm³/mol. The molecule has 16 heavy (non-hydrogen) atoms. The number of alkyl halides is 3. The molecule has 0 aromatic carbocycles. The van der Waals surface area contributed by atoms with Crippen molar-refractivity contribution in [1.82, 2.24) is 4.98 Å². The van der Waals surface area contributed by atoms with Crippen molar-refractivity contribution in [1.29, 1.82) is 5.26 Å². The van der Waals surface area contributed by atoms with Crippen molar-refractivity contribution >= 4 is 22.0 Å². The fourth-order valence-electron chi connectivity index (χ4n) is 1.18. The van der Waals surface area contributed by atoms with Crippen LogP contribution in [0.5, 0.6) is 0 Å². The van der Waals surface area contributed by atoms with Crippen molar-refractivity contribution in [2.75, 3.05) is 0 Å². The van der Waals surface area contributed by atoms with Gasteiger partial charge in [-0.25, -0.2) is 0 Å². The van der Waals surface area contributed by atoms with Gasteiger partial charge in [0.05, 0.1) is 0 Å². The zero-order valence-electron chi connectivity index (χ0n) is 9.18. The molecule has 0 atom stereocenters. The standard InChI is InChI=1S/C7H2F3N2.3CH3.Sn/c8-7(9,10)5-2-1-3-12-6(5)4-11;;;;/h2-3H;3*1H3;. The van der Waals surface area contributed by atoms with Gasteiger partial charge in [0, 0.05) is 0 Å². The second kappa shape index (κ2) is 4.24. The van der Waals surface area contributed by atoms with Crippen LogP contribution in [0.25, 0.3) is 0 Å². The first-order valence-corrected chi connectivity index (χ1v) is 14.6. The number of halogens is 3. The van der Waals surface area contributed by atoms with Gasteiger partial charge in [0.1, 0.15) is 0 Å². The van der Waals surface area contributed by atoms with Gasteiger partial charge >= 0.3 is 96.0 Å². The number of hydrogen-bond donors (Lipinski definition) is 0. The average molecular weight is 335 g/mol. The summed E-state index contributed by atoms with van der Waals surface area (Å²) in [6.45, 7) is 0.